The molecule has 0 radical (unpaired) electrons. The van der Waals surface area contributed by atoms with Gasteiger partial charge in [-0.05, 0) is 34.4 Å². The van der Waals surface area contributed by atoms with Gasteiger partial charge in [0.1, 0.15) is 5.03 Å². The Kier molecular flexibility index (Phi) is 3.09. The zero-order chi connectivity index (χ0) is 14.1. The van der Waals surface area contributed by atoms with Crippen molar-refractivity contribution in [2.45, 2.75) is 9.92 Å². The van der Waals surface area contributed by atoms with Crippen molar-refractivity contribution < 1.29 is 0 Å². The summed E-state index contributed by atoms with van der Waals surface area (Å²) in [6.07, 6.45) is 1.94. The molecule has 0 amide bonds. The van der Waals surface area contributed by atoms with Crippen LogP contribution in [0.3, 0.4) is 0 Å². The Bertz CT molecular complexity index is 853. The molecule has 1 heterocycles. The highest BCUT2D eigenvalue weighted by atomic mass is 32.2. The molecule has 21 heavy (non-hydrogen) atoms. The summed E-state index contributed by atoms with van der Waals surface area (Å²) in [4.78, 5) is 5.76. The molecule has 0 unspecified atom stereocenters. The fourth-order valence-corrected chi connectivity index (χ4v) is 3.33. The zero-order valence-corrected chi connectivity index (χ0v) is 12.2. The van der Waals surface area contributed by atoms with Crippen molar-refractivity contribution in [1.82, 2.24) is 4.98 Å². The summed E-state index contributed by atoms with van der Waals surface area (Å²) in [5.41, 5.74) is 0. The van der Waals surface area contributed by atoms with Gasteiger partial charge in [0.05, 0.1) is 0 Å². The molecule has 4 aromatic rings. The number of aromatic nitrogens is 1. The summed E-state index contributed by atoms with van der Waals surface area (Å²) in [7, 11) is 0. The average molecular weight is 287 g/mol. The lowest BCUT2D eigenvalue weighted by atomic mass is 10.1. The zero-order valence-electron chi connectivity index (χ0n) is 11.4. The fourth-order valence-electron chi connectivity index (χ4n) is 2.47. The van der Waals surface area contributed by atoms with E-state index in [1.54, 1.807) is 11.8 Å². The minimum Gasteiger partial charge on any atom is -0.249 e. The van der Waals surface area contributed by atoms with Gasteiger partial charge in [0.25, 0.3) is 0 Å². The van der Waals surface area contributed by atoms with E-state index in [9.17, 15) is 0 Å². The molecule has 1 aromatic heterocycles. The van der Waals surface area contributed by atoms with Crippen molar-refractivity contribution in [2.24, 2.45) is 0 Å². The van der Waals surface area contributed by atoms with E-state index in [-0.39, 0.29) is 0 Å². The SMILES string of the molecule is c1ccc2cc(Sc3cc4ccccc4cn3)ccc2c1. The molecule has 0 bridgehead atoms. The van der Waals surface area contributed by atoms with Gasteiger partial charge in [-0.3, -0.25) is 0 Å². The molecule has 0 saturated carbocycles. The van der Waals surface area contributed by atoms with Crippen molar-refractivity contribution in [3.63, 3.8) is 0 Å². The van der Waals surface area contributed by atoms with E-state index in [0.29, 0.717) is 0 Å². The predicted molar refractivity (Wildman–Crippen MR) is 89.8 cm³/mol. The Hall–Kier alpha value is -2.32. The van der Waals surface area contributed by atoms with Gasteiger partial charge in [-0.15, -0.1) is 0 Å². The van der Waals surface area contributed by atoms with E-state index in [4.69, 9.17) is 0 Å². The molecule has 2 heteroatoms. The van der Waals surface area contributed by atoms with Crippen molar-refractivity contribution >= 4 is 33.3 Å². The standard InChI is InChI=1S/C19H13NS/c1-2-6-15-11-18(10-9-14(15)5-1)21-19-12-16-7-3-4-8-17(16)13-20-19/h1-13H. The van der Waals surface area contributed by atoms with E-state index >= 15 is 0 Å². The first kappa shape index (κ1) is 12.4. The van der Waals surface area contributed by atoms with Crippen LogP contribution in [0.4, 0.5) is 0 Å². The predicted octanol–water partition coefficient (Wildman–Crippen LogP) is 5.54. The van der Waals surface area contributed by atoms with E-state index in [0.717, 1.165) is 5.03 Å². The van der Waals surface area contributed by atoms with E-state index in [1.807, 2.05) is 12.3 Å². The lowest BCUT2D eigenvalue weighted by Gasteiger charge is -2.04. The monoisotopic (exact) mass is 287 g/mol. The molecule has 0 atom stereocenters. The highest BCUT2D eigenvalue weighted by molar-refractivity contribution is 7.99. The van der Waals surface area contributed by atoms with Gasteiger partial charge in [-0.2, -0.15) is 0 Å². The number of rotatable bonds is 2. The first-order valence-electron chi connectivity index (χ1n) is 6.90. The molecule has 0 aliphatic heterocycles. The van der Waals surface area contributed by atoms with Crippen LogP contribution >= 0.6 is 11.8 Å². The number of pyridine rings is 1. The maximum absolute atomic E-state index is 4.55. The normalized spacial score (nSPS) is 11.0. The second kappa shape index (κ2) is 5.23. The van der Waals surface area contributed by atoms with Crippen LogP contribution in [0, 0.1) is 0 Å². The third-order valence-electron chi connectivity index (χ3n) is 3.55. The van der Waals surface area contributed by atoms with Crippen molar-refractivity contribution in [2.75, 3.05) is 0 Å². The number of nitrogens with zero attached hydrogens (tertiary/aromatic N) is 1. The molecule has 1 nitrogen and oxygen atoms in total. The smallest absolute Gasteiger partial charge is 0.101 e. The summed E-state index contributed by atoms with van der Waals surface area (Å²) in [5, 5.41) is 5.98. The highest BCUT2D eigenvalue weighted by Gasteiger charge is 2.02. The van der Waals surface area contributed by atoms with Crippen molar-refractivity contribution in [3.05, 3.63) is 79.0 Å². The number of hydrogen-bond donors (Lipinski definition) is 0. The lowest BCUT2D eigenvalue weighted by Crippen LogP contribution is -1.81. The molecule has 0 aliphatic carbocycles. The number of benzene rings is 3. The molecule has 0 fully saturated rings. The van der Waals surface area contributed by atoms with Gasteiger partial charge < -0.3 is 0 Å². The topological polar surface area (TPSA) is 12.9 Å². The third-order valence-corrected chi connectivity index (χ3v) is 4.47. The minimum atomic E-state index is 1.03. The van der Waals surface area contributed by atoms with Crippen LogP contribution in [0.5, 0.6) is 0 Å². The molecule has 0 saturated heterocycles. The first-order valence-corrected chi connectivity index (χ1v) is 7.72. The van der Waals surface area contributed by atoms with Crippen LogP contribution in [0.2, 0.25) is 0 Å². The van der Waals surface area contributed by atoms with Crippen LogP contribution in [-0.4, -0.2) is 4.98 Å². The summed E-state index contributed by atoms with van der Waals surface area (Å²) in [6.45, 7) is 0. The summed E-state index contributed by atoms with van der Waals surface area (Å²) < 4.78 is 0. The molecule has 0 aliphatic rings. The quantitative estimate of drug-likeness (QED) is 0.480. The summed E-state index contributed by atoms with van der Waals surface area (Å²) in [6, 6.07) is 25.4. The Labute approximate surface area is 127 Å². The van der Waals surface area contributed by atoms with E-state index < -0.39 is 0 Å². The highest BCUT2D eigenvalue weighted by Crippen LogP contribution is 2.30. The van der Waals surface area contributed by atoms with E-state index in [2.05, 4.69) is 71.7 Å². The van der Waals surface area contributed by atoms with Gasteiger partial charge in [-0.25, -0.2) is 4.98 Å². The van der Waals surface area contributed by atoms with Gasteiger partial charge >= 0.3 is 0 Å². The van der Waals surface area contributed by atoms with Crippen LogP contribution in [0.15, 0.2) is 88.9 Å². The molecular weight excluding hydrogens is 274 g/mol. The van der Waals surface area contributed by atoms with Crippen molar-refractivity contribution in [3.8, 4) is 0 Å². The lowest BCUT2D eigenvalue weighted by molar-refractivity contribution is 1.16. The maximum atomic E-state index is 4.55. The largest absolute Gasteiger partial charge is 0.249 e. The third kappa shape index (κ3) is 2.50. The fraction of sp³-hybridized carbons (Fsp3) is 0. The molecule has 0 spiro atoms. The van der Waals surface area contributed by atoms with E-state index in [1.165, 1.54) is 26.4 Å². The maximum Gasteiger partial charge on any atom is 0.101 e. The van der Waals surface area contributed by atoms with Gasteiger partial charge in [-0.1, -0.05) is 66.4 Å². The summed E-state index contributed by atoms with van der Waals surface area (Å²) in [5.74, 6) is 0. The van der Waals surface area contributed by atoms with Crippen molar-refractivity contribution in [1.29, 1.82) is 0 Å². The number of fused-ring (bicyclic) bond motifs is 2. The Morgan fingerprint density at radius 1 is 0.619 bits per heavy atom. The van der Waals surface area contributed by atoms with Crippen LogP contribution in [-0.2, 0) is 0 Å². The van der Waals surface area contributed by atoms with Crippen LogP contribution < -0.4 is 0 Å². The number of hydrogen-bond acceptors (Lipinski definition) is 2. The second-order valence-corrected chi connectivity index (χ2v) is 6.07. The molecule has 3 aromatic carbocycles. The van der Waals surface area contributed by atoms with Crippen LogP contribution in [0.25, 0.3) is 21.5 Å². The van der Waals surface area contributed by atoms with Gasteiger partial charge in [0.15, 0.2) is 0 Å². The first-order chi connectivity index (χ1) is 10.4. The Morgan fingerprint density at radius 3 is 2.10 bits per heavy atom. The summed E-state index contributed by atoms with van der Waals surface area (Å²) >= 11 is 1.71. The molecule has 100 valence electrons. The van der Waals surface area contributed by atoms with Gasteiger partial charge in [0, 0.05) is 16.5 Å². The average Bonchev–Trinajstić information content (AvgIpc) is 2.55. The van der Waals surface area contributed by atoms with Crippen LogP contribution in [0.1, 0.15) is 0 Å². The second-order valence-electron chi connectivity index (χ2n) is 4.98. The Morgan fingerprint density at radius 2 is 1.29 bits per heavy atom. The Balaban J connectivity index is 1.71. The van der Waals surface area contributed by atoms with Gasteiger partial charge in [0.2, 0.25) is 0 Å². The molecule has 4 rings (SSSR count). The minimum absolute atomic E-state index is 1.03. The molecule has 0 N–H and O–H groups in total. The molecular formula is C19H13NS.